The van der Waals surface area contributed by atoms with Crippen LogP contribution in [0.4, 0.5) is 0 Å². The molecule has 0 bridgehead atoms. The summed E-state index contributed by atoms with van der Waals surface area (Å²) in [6.45, 7) is 6.55. The van der Waals surface area contributed by atoms with Crippen molar-refractivity contribution in [3.8, 4) is 5.75 Å². The molecule has 1 aliphatic heterocycles. The highest BCUT2D eigenvalue weighted by Gasteiger charge is 2.32. The molecular formula is C24H25N3O2S. The first-order valence-corrected chi connectivity index (χ1v) is 11.0. The zero-order chi connectivity index (χ0) is 20.9. The molecule has 2 heterocycles. The minimum absolute atomic E-state index is 0.0268. The highest BCUT2D eigenvalue weighted by atomic mass is 32.2. The number of carbonyl (C=O) groups excluding carboxylic acids is 1. The maximum absolute atomic E-state index is 12.8. The van der Waals surface area contributed by atoms with Gasteiger partial charge in [0.15, 0.2) is 5.17 Å². The van der Waals surface area contributed by atoms with Gasteiger partial charge in [-0.25, -0.2) is 0 Å². The number of likely N-dealkylation sites (N-methyl/N-ethyl adjacent to an activating group) is 1. The molecule has 1 fully saturated rings. The molecule has 0 aliphatic carbocycles. The van der Waals surface area contributed by atoms with Crippen LogP contribution in [-0.4, -0.2) is 40.2 Å². The molecule has 1 aliphatic rings. The Morgan fingerprint density at radius 3 is 2.60 bits per heavy atom. The van der Waals surface area contributed by atoms with Crippen LogP contribution in [0.1, 0.15) is 19.4 Å². The van der Waals surface area contributed by atoms with E-state index in [0.29, 0.717) is 24.6 Å². The number of aromatic nitrogens is 1. The number of hydrogen-bond donors (Lipinski definition) is 0. The maximum Gasteiger partial charge on any atom is 0.266 e. The highest BCUT2D eigenvalue weighted by Crippen LogP contribution is 2.34. The van der Waals surface area contributed by atoms with Crippen LogP contribution in [0.2, 0.25) is 0 Å². The van der Waals surface area contributed by atoms with E-state index in [4.69, 9.17) is 4.74 Å². The average molecular weight is 420 g/mol. The van der Waals surface area contributed by atoms with Crippen molar-refractivity contribution in [2.75, 3.05) is 19.7 Å². The summed E-state index contributed by atoms with van der Waals surface area (Å²) < 4.78 is 8.06. The molecule has 6 heteroatoms. The molecule has 1 amide bonds. The molecule has 5 nitrogen and oxygen atoms in total. The Labute approximate surface area is 181 Å². The Bertz CT molecular complexity index is 1100. The summed E-state index contributed by atoms with van der Waals surface area (Å²) in [6.07, 6.45) is 4.09. The van der Waals surface area contributed by atoms with Crippen molar-refractivity contribution in [2.45, 2.75) is 20.4 Å². The van der Waals surface area contributed by atoms with Gasteiger partial charge in [-0.05, 0) is 49.9 Å². The average Bonchev–Trinajstić information content (AvgIpc) is 3.27. The molecule has 2 aromatic carbocycles. The van der Waals surface area contributed by atoms with Crippen LogP contribution in [0.25, 0.3) is 17.0 Å². The molecule has 154 valence electrons. The molecule has 0 radical (unpaired) electrons. The fourth-order valence-electron chi connectivity index (χ4n) is 3.53. The lowest BCUT2D eigenvalue weighted by molar-refractivity contribution is -0.122. The quantitative estimate of drug-likeness (QED) is 0.505. The predicted octanol–water partition coefficient (Wildman–Crippen LogP) is 5.03. The first-order valence-electron chi connectivity index (χ1n) is 10.2. The van der Waals surface area contributed by atoms with Gasteiger partial charge in [-0.2, -0.15) is 0 Å². The van der Waals surface area contributed by atoms with Gasteiger partial charge in [0.25, 0.3) is 5.91 Å². The van der Waals surface area contributed by atoms with Gasteiger partial charge < -0.3 is 9.30 Å². The van der Waals surface area contributed by atoms with Crippen molar-refractivity contribution < 1.29 is 9.53 Å². The SMILES string of the molecule is CCN=C1SC(=Cc2cn(CCOc3ccccc3)c3ccccc23)C(=O)N1CC. The number of rotatable bonds is 7. The van der Waals surface area contributed by atoms with Gasteiger partial charge in [0.2, 0.25) is 0 Å². The van der Waals surface area contributed by atoms with Crippen molar-refractivity contribution in [2.24, 2.45) is 4.99 Å². The first kappa shape index (κ1) is 20.3. The van der Waals surface area contributed by atoms with Gasteiger partial charge in [0.1, 0.15) is 12.4 Å². The van der Waals surface area contributed by atoms with E-state index in [1.165, 1.54) is 11.8 Å². The zero-order valence-corrected chi connectivity index (χ0v) is 18.1. The molecular weight excluding hydrogens is 394 g/mol. The van der Waals surface area contributed by atoms with Crippen LogP contribution in [0, 0.1) is 0 Å². The monoisotopic (exact) mass is 419 g/mol. The number of ether oxygens (including phenoxy) is 1. The number of aliphatic imine (C=N–C) groups is 1. The summed E-state index contributed by atoms with van der Waals surface area (Å²) in [4.78, 5) is 19.8. The largest absolute Gasteiger partial charge is 0.492 e. The highest BCUT2D eigenvalue weighted by molar-refractivity contribution is 8.18. The zero-order valence-electron chi connectivity index (χ0n) is 17.2. The lowest BCUT2D eigenvalue weighted by Crippen LogP contribution is -2.28. The van der Waals surface area contributed by atoms with Crippen LogP contribution in [0.3, 0.4) is 0 Å². The smallest absolute Gasteiger partial charge is 0.266 e. The van der Waals surface area contributed by atoms with Crippen LogP contribution in [-0.2, 0) is 11.3 Å². The van der Waals surface area contributed by atoms with Crippen LogP contribution < -0.4 is 4.74 Å². The van der Waals surface area contributed by atoms with Crippen molar-refractivity contribution >= 4 is 39.8 Å². The first-order chi connectivity index (χ1) is 14.7. The summed E-state index contributed by atoms with van der Waals surface area (Å²) >= 11 is 1.46. The van der Waals surface area contributed by atoms with Gasteiger partial charge in [0.05, 0.1) is 11.4 Å². The number of benzene rings is 2. The predicted molar refractivity (Wildman–Crippen MR) is 125 cm³/mol. The minimum atomic E-state index is 0.0268. The third-order valence-corrected chi connectivity index (χ3v) is 5.99. The van der Waals surface area contributed by atoms with Gasteiger partial charge in [-0.3, -0.25) is 14.7 Å². The molecule has 30 heavy (non-hydrogen) atoms. The number of amides is 1. The molecule has 0 unspecified atom stereocenters. The third kappa shape index (κ3) is 4.14. The summed E-state index contributed by atoms with van der Waals surface area (Å²) in [7, 11) is 0. The Balaban J connectivity index is 1.60. The third-order valence-electron chi connectivity index (χ3n) is 4.95. The van der Waals surface area contributed by atoms with Gasteiger partial charge in [-0.1, -0.05) is 36.4 Å². The van der Waals surface area contributed by atoms with Crippen molar-refractivity contribution in [1.29, 1.82) is 0 Å². The summed E-state index contributed by atoms with van der Waals surface area (Å²) in [5, 5.41) is 1.92. The number of amidine groups is 1. The molecule has 1 aromatic heterocycles. The Morgan fingerprint density at radius 2 is 1.83 bits per heavy atom. The summed E-state index contributed by atoms with van der Waals surface area (Å²) in [6, 6.07) is 18.1. The Kier molecular flexibility index (Phi) is 6.23. The lowest BCUT2D eigenvalue weighted by Gasteiger charge is -2.11. The van der Waals surface area contributed by atoms with Gasteiger partial charge >= 0.3 is 0 Å². The number of nitrogens with zero attached hydrogens (tertiary/aromatic N) is 3. The molecule has 0 spiro atoms. The fraction of sp³-hybridized carbons (Fsp3) is 0.250. The molecule has 0 N–H and O–H groups in total. The van der Waals surface area contributed by atoms with Crippen molar-refractivity contribution in [3.63, 3.8) is 0 Å². The Hall–Kier alpha value is -2.99. The van der Waals surface area contributed by atoms with Gasteiger partial charge in [0, 0.05) is 35.8 Å². The van der Waals surface area contributed by atoms with E-state index in [2.05, 4.69) is 27.9 Å². The van der Waals surface area contributed by atoms with E-state index in [0.717, 1.165) is 33.9 Å². The number of carbonyl (C=O) groups is 1. The van der Waals surface area contributed by atoms with E-state index in [9.17, 15) is 4.79 Å². The lowest BCUT2D eigenvalue weighted by atomic mass is 10.1. The van der Waals surface area contributed by atoms with Crippen LogP contribution in [0.5, 0.6) is 5.75 Å². The van der Waals surface area contributed by atoms with E-state index < -0.39 is 0 Å². The fourth-order valence-corrected chi connectivity index (χ4v) is 4.63. The number of para-hydroxylation sites is 2. The maximum atomic E-state index is 12.8. The minimum Gasteiger partial charge on any atom is -0.492 e. The molecule has 0 saturated carbocycles. The van der Waals surface area contributed by atoms with Crippen molar-refractivity contribution in [1.82, 2.24) is 9.47 Å². The van der Waals surface area contributed by atoms with E-state index in [1.54, 1.807) is 4.90 Å². The topological polar surface area (TPSA) is 46.8 Å². The summed E-state index contributed by atoms with van der Waals surface area (Å²) in [5.41, 5.74) is 2.17. The number of thioether (sulfide) groups is 1. The van der Waals surface area contributed by atoms with E-state index in [-0.39, 0.29) is 5.91 Å². The standard InChI is InChI=1S/C24H25N3O2S/c1-3-25-24-27(4-2)23(28)22(30-24)16-18-17-26(21-13-9-8-12-20(18)21)14-15-29-19-10-6-5-7-11-19/h5-13,16-17H,3-4,14-15H2,1-2H3. The molecule has 3 aromatic rings. The van der Waals surface area contributed by atoms with Crippen LogP contribution >= 0.6 is 11.8 Å². The van der Waals surface area contributed by atoms with Crippen molar-refractivity contribution in [3.05, 3.63) is 71.3 Å². The van der Waals surface area contributed by atoms with Crippen LogP contribution in [0.15, 0.2) is 70.7 Å². The number of hydrogen-bond acceptors (Lipinski definition) is 4. The molecule has 0 atom stereocenters. The second kappa shape index (κ2) is 9.22. The van der Waals surface area contributed by atoms with E-state index >= 15 is 0 Å². The number of fused-ring (bicyclic) bond motifs is 1. The Morgan fingerprint density at radius 1 is 1.07 bits per heavy atom. The second-order valence-electron chi connectivity index (χ2n) is 6.87. The van der Waals surface area contributed by atoms with Gasteiger partial charge in [-0.15, -0.1) is 0 Å². The normalized spacial score (nSPS) is 16.9. The van der Waals surface area contributed by atoms with E-state index in [1.807, 2.05) is 62.4 Å². The second-order valence-corrected chi connectivity index (χ2v) is 7.88. The summed E-state index contributed by atoms with van der Waals surface area (Å²) in [5.74, 6) is 0.894. The molecule has 1 saturated heterocycles. The molecule has 4 rings (SSSR count).